The van der Waals surface area contributed by atoms with Gasteiger partial charge < -0.3 is 4.74 Å². The molecule has 4 aliphatic rings. The first-order chi connectivity index (χ1) is 10.9. The van der Waals surface area contributed by atoms with Gasteiger partial charge in [0.15, 0.2) is 11.5 Å². The summed E-state index contributed by atoms with van der Waals surface area (Å²) in [4.78, 5) is 13.8. The lowest BCUT2D eigenvalue weighted by Crippen LogP contribution is -2.61. The van der Waals surface area contributed by atoms with Crippen molar-refractivity contribution < 1.29 is 17.9 Å². The molecule has 1 atom stereocenters. The van der Waals surface area contributed by atoms with Gasteiger partial charge in [0.1, 0.15) is 5.60 Å². The molecule has 0 radical (unpaired) electrons. The molecule has 5 heterocycles. The molecule has 0 aromatic carbocycles. The Morgan fingerprint density at radius 2 is 2.00 bits per heavy atom. The fourth-order valence-corrected chi connectivity index (χ4v) is 3.60. The number of piperidine rings is 3. The minimum atomic E-state index is -4.49. The molecule has 3 saturated heterocycles. The Morgan fingerprint density at radius 3 is 2.57 bits per heavy atom. The average molecular weight is 327 g/mol. The van der Waals surface area contributed by atoms with E-state index < -0.39 is 11.9 Å². The second-order valence-corrected chi connectivity index (χ2v) is 6.25. The van der Waals surface area contributed by atoms with E-state index in [1.807, 2.05) is 0 Å². The van der Waals surface area contributed by atoms with Crippen molar-refractivity contribution in [2.24, 2.45) is 10.9 Å². The summed E-state index contributed by atoms with van der Waals surface area (Å²) in [5.74, 6) is 0.671. The molecule has 1 aromatic rings. The van der Waals surface area contributed by atoms with Crippen LogP contribution < -0.4 is 5.32 Å². The van der Waals surface area contributed by atoms with Gasteiger partial charge in [0.2, 0.25) is 0 Å². The largest absolute Gasteiger partial charge is 0.455 e. The third-order valence-electron chi connectivity index (χ3n) is 4.79. The van der Waals surface area contributed by atoms with Gasteiger partial charge in [-0.1, -0.05) is 0 Å². The van der Waals surface area contributed by atoms with Gasteiger partial charge >= 0.3 is 6.18 Å². The molecule has 0 aliphatic carbocycles. The minimum Gasteiger partial charge on any atom is -0.455 e. The number of hydrogen-bond donors (Lipinski definition) is 1. The fraction of sp³-hybridized carbons (Fsp3) is 0.643. The highest BCUT2D eigenvalue weighted by Gasteiger charge is 2.51. The van der Waals surface area contributed by atoms with Crippen molar-refractivity contribution in [1.82, 2.24) is 14.9 Å². The van der Waals surface area contributed by atoms with Gasteiger partial charge in [0, 0.05) is 12.5 Å². The van der Waals surface area contributed by atoms with Crippen LogP contribution in [-0.4, -0.2) is 52.7 Å². The third kappa shape index (κ3) is 2.62. The van der Waals surface area contributed by atoms with E-state index in [1.165, 1.54) is 0 Å². The van der Waals surface area contributed by atoms with Crippen molar-refractivity contribution in [3.05, 3.63) is 18.1 Å². The van der Waals surface area contributed by atoms with Gasteiger partial charge in [-0.2, -0.15) is 13.2 Å². The molecule has 4 aliphatic heterocycles. The van der Waals surface area contributed by atoms with E-state index in [-0.39, 0.29) is 11.4 Å². The molecule has 2 bridgehead atoms. The number of alkyl halides is 3. The lowest BCUT2D eigenvalue weighted by molar-refractivity contribution is -0.141. The van der Waals surface area contributed by atoms with Crippen molar-refractivity contribution in [1.29, 1.82) is 0 Å². The molecule has 0 amide bonds. The Morgan fingerprint density at radius 1 is 1.22 bits per heavy atom. The highest BCUT2D eigenvalue weighted by Crippen LogP contribution is 2.40. The van der Waals surface area contributed by atoms with E-state index in [9.17, 15) is 13.2 Å². The number of aliphatic imine (C=N–C) groups is 1. The van der Waals surface area contributed by atoms with Gasteiger partial charge in [-0.05, 0) is 25.9 Å². The molecule has 5 rings (SSSR count). The summed E-state index contributed by atoms with van der Waals surface area (Å²) in [5.41, 5.74) is -1.32. The molecule has 23 heavy (non-hydrogen) atoms. The molecule has 1 aromatic heterocycles. The number of rotatable bonds is 1. The van der Waals surface area contributed by atoms with E-state index >= 15 is 0 Å². The number of halogens is 3. The van der Waals surface area contributed by atoms with Crippen LogP contribution in [0, 0.1) is 5.92 Å². The van der Waals surface area contributed by atoms with Crippen LogP contribution in [0.25, 0.3) is 0 Å². The Bertz CT molecular complexity index is 624. The highest BCUT2D eigenvalue weighted by atomic mass is 19.4. The van der Waals surface area contributed by atoms with Gasteiger partial charge in [-0.25, -0.2) is 15.0 Å². The maximum atomic E-state index is 12.5. The second-order valence-electron chi connectivity index (χ2n) is 6.25. The number of fused-ring (bicyclic) bond motifs is 2. The van der Waals surface area contributed by atoms with E-state index in [0.29, 0.717) is 24.7 Å². The molecular weight excluding hydrogens is 311 g/mol. The Kier molecular flexibility index (Phi) is 3.22. The lowest BCUT2D eigenvalue weighted by Gasteiger charge is -2.50. The molecular formula is C14H16F3N5O. The number of aromatic nitrogens is 2. The normalized spacial score (nSPS) is 32.7. The monoisotopic (exact) mass is 327 g/mol. The maximum absolute atomic E-state index is 12.5. The fourth-order valence-electron chi connectivity index (χ4n) is 3.60. The summed E-state index contributed by atoms with van der Waals surface area (Å²) in [6, 6.07) is 0.313. The minimum absolute atomic E-state index is 0.190. The molecule has 1 unspecified atom stereocenters. The summed E-state index contributed by atoms with van der Waals surface area (Å²) in [6.45, 7) is 3.63. The molecule has 124 valence electrons. The Hall–Kier alpha value is -1.90. The van der Waals surface area contributed by atoms with Crippen LogP contribution in [0.3, 0.4) is 0 Å². The van der Waals surface area contributed by atoms with Crippen molar-refractivity contribution in [3.8, 4) is 0 Å². The van der Waals surface area contributed by atoms with E-state index in [1.54, 1.807) is 0 Å². The molecule has 9 heteroatoms. The quantitative estimate of drug-likeness (QED) is 0.851. The van der Waals surface area contributed by atoms with Gasteiger partial charge in [0.05, 0.1) is 18.9 Å². The van der Waals surface area contributed by atoms with Crippen LogP contribution in [0.5, 0.6) is 0 Å². The number of anilines is 1. The van der Waals surface area contributed by atoms with E-state index in [2.05, 4.69) is 25.2 Å². The summed E-state index contributed by atoms with van der Waals surface area (Å²) in [5, 5.41) is 2.82. The Balaban J connectivity index is 1.43. The summed E-state index contributed by atoms with van der Waals surface area (Å²) < 4.78 is 43.5. The maximum Gasteiger partial charge on any atom is 0.434 e. The van der Waals surface area contributed by atoms with Gasteiger partial charge in [-0.3, -0.25) is 10.2 Å². The third-order valence-corrected chi connectivity index (χ3v) is 4.79. The van der Waals surface area contributed by atoms with Crippen molar-refractivity contribution in [3.63, 3.8) is 0 Å². The standard InChI is InChI=1S/C14H16F3N5O/c15-14(16,17)10-5-19-11(6-18-10)21-12-20-7-13(23-12)8-22-3-1-9(13)2-4-22/h5-6,9H,1-4,7-8H2,(H,19,20,21). The first-order valence-corrected chi connectivity index (χ1v) is 7.57. The van der Waals surface area contributed by atoms with Crippen LogP contribution >= 0.6 is 0 Å². The number of nitrogens with one attached hydrogen (secondary N) is 1. The Labute approximate surface area is 130 Å². The topological polar surface area (TPSA) is 62.6 Å². The summed E-state index contributed by atoms with van der Waals surface area (Å²) in [6.07, 6.45) is -0.559. The molecule has 0 saturated carbocycles. The first-order valence-electron chi connectivity index (χ1n) is 7.57. The molecule has 1 N–H and O–H groups in total. The van der Waals surface area contributed by atoms with Crippen LogP contribution in [-0.2, 0) is 10.9 Å². The van der Waals surface area contributed by atoms with Crippen molar-refractivity contribution in [2.75, 3.05) is 31.5 Å². The summed E-state index contributed by atoms with van der Waals surface area (Å²) in [7, 11) is 0. The molecule has 1 spiro atoms. The zero-order valence-electron chi connectivity index (χ0n) is 12.3. The van der Waals surface area contributed by atoms with Crippen molar-refractivity contribution >= 4 is 11.8 Å². The smallest absolute Gasteiger partial charge is 0.434 e. The first kappa shape index (κ1) is 14.7. The lowest BCUT2D eigenvalue weighted by atomic mass is 9.75. The SMILES string of the molecule is FC(F)(F)c1cnc(NC2=NCC3(CN4CCC3CC4)O2)cn1. The van der Waals surface area contributed by atoms with E-state index in [0.717, 1.165) is 38.7 Å². The second kappa shape index (κ2) is 5.05. The van der Waals surface area contributed by atoms with Gasteiger partial charge in [-0.15, -0.1) is 0 Å². The molecule has 6 nitrogen and oxygen atoms in total. The van der Waals surface area contributed by atoms with Crippen LogP contribution in [0.1, 0.15) is 18.5 Å². The zero-order chi connectivity index (χ0) is 16.1. The predicted octanol–water partition coefficient (Wildman–Crippen LogP) is 1.76. The van der Waals surface area contributed by atoms with Crippen LogP contribution in [0.15, 0.2) is 17.4 Å². The highest BCUT2D eigenvalue weighted by molar-refractivity contribution is 5.89. The number of ether oxygens (including phenoxy) is 1. The van der Waals surface area contributed by atoms with Crippen LogP contribution in [0.2, 0.25) is 0 Å². The number of hydrogen-bond acceptors (Lipinski definition) is 6. The number of amidine groups is 1. The van der Waals surface area contributed by atoms with Crippen LogP contribution in [0.4, 0.5) is 19.0 Å². The van der Waals surface area contributed by atoms with Crippen molar-refractivity contribution in [2.45, 2.75) is 24.6 Å². The number of nitrogens with zero attached hydrogens (tertiary/aromatic N) is 4. The predicted molar refractivity (Wildman–Crippen MR) is 75.9 cm³/mol. The molecule has 3 fully saturated rings. The summed E-state index contributed by atoms with van der Waals surface area (Å²) >= 11 is 0. The van der Waals surface area contributed by atoms with Gasteiger partial charge in [0.25, 0.3) is 6.02 Å². The average Bonchev–Trinajstić information content (AvgIpc) is 2.90. The van der Waals surface area contributed by atoms with E-state index in [4.69, 9.17) is 4.74 Å². The zero-order valence-corrected chi connectivity index (χ0v) is 12.3.